The second-order valence-electron chi connectivity index (χ2n) is 3.32. The molecule has 0 aromatic rings. The number of methoxy groups -OCH3 is 1. The van der Waals surface area contributed by atoms with E-state index in [0.29, 0.717) is 12.5 Å². The third-order valence-electron chi connectivity index (χ3n) is 1.90. The van der Waals surface area contributed by atoms with E-state index < -0.39 is 11.9 Å². The molecule has 1 atom stereocenters. The van der Waals surface area contributed by atoms with Crippen LogP contribution >= 0.6 is 0 Å². The molecule has 0 radical (unpaired) electrons. The average molecular weight is 226 g/mol. The van der Waals surface area contributed by atoms with Crippen LogP contribution in [0.5, 0.6) is 0 Å². The molecule has 1 unspecified atom stereocenters. The zero-order chi connectivity index (χ0) is 12.4. The molecule has 4 heteroatoms. The summed E-state index contributed by atoms with van der Waals surface area (Å²) < 4.78 is 9.22. The van der Waals surface area contributed by atoms with E-state index in [-0.39, 0.29) is 0 Å². The molecule has 0 bridgehead atoms. The number of allylic oxidation sites excluding steroid dienone is 2. The average Bonchev–Trinajstić information content (AvgIpc) is 2.26. The molecule has 16 heavy (non-hydrogen) atoms. The van der Waals surface area contributed by atoms with Gasteiger partial charge >= 0.3 is 11.9 Å². The Hall–Kier alpha value is -1.58. The fourth-order valence-electron chi connectivity index (χ4n) is 1.02. The molecular formula is C12H18O4. The Kier molecular flexibility index (Phi) is 7.85. The van der Waals surface area contributed by atoms with Crippen molar-refractivity contribution in [3.8, 4) is 0 Å². The van der Waals surface area contributed by atoms with Gasteiger partial charge in [0.25, 0.3) is 0 Å². The first-order valence-electron chi connectivity index (χ1n) is 5.15. The lowest BCUT2D eigenvalue weighted by Crippen LogP contribution is -2.06. The van der Waals surface area contributed by atoms with Crippen LogP contribution in [0.1, 0.15) is 20.3 Å². The fourth-order valence-corrected chi connectivity index (χ4v) is 1.02. The van der Waals surface area contributed by atoms with Gasteiger partial charge in [-0.05, 0) is 19.3 Å². The highest BCUT2D eigenvalue weighted by molar-refractivity contribution is 5.91. The smallest absolute Gasteiger partial charge is 0.331 e. The standard InChI is InChI=1S/C12H18O4/c1-4-5-10(2)8-9-16-12(14)7-6-11(13)15-3/h4-7,10H,8-9H2,1-3H3/b5-4+,7-6+. The summed E-state index contributed by atoms with van der Waals surface area (Å²) >= 11 is 0. The van der Waals surface area contributed by atoms with Crippen molar-refractivity contribution in [2.45, 2.75) is 20.3 Å². The van der Waals surface area contributed by atoms with E-state index in [1.54, 1.807) is 0 Å². The zero-order valence-electron chi connectivity index (χ0n) is 9.93. The minimum atomic E-state index is -0.570. The van der Waals surface area contributed by atoms with Crippen molar-refractivity contribution in [2.24, 2.45) is 5.92 Å². The van der Waals surface area contributed by atoms with Gasteiger partial charge in [0.05, 0.1) is 13.7 Å². The van der Waals surface area contributed by atoms with Crippen LogP contribution in [-0.2, 0) is 19.1 Å². The molecule has 0 N–H and O–H groups in total. The molecule has 0 saturated carbocycles. The van der Waals surface area contributed by atoms with Gasteiger partial charge in [-0.25, -0.2) is 9.59 Å². The van der Waals surface area contributed by atoms with Gasteiger partial charge in [0, 0.05) is 12.2 Å². The Morgan fingerprint density at radius 3 is 2.44 bits per heavy atom. The van der Waals surface area contributed by atoms with E-state index in [1.165, 1.54) is 7.11 Å². The quantitative estimate of drug-likeness (QED) is 0.394. The molecule has 0 fully saturated rings. The first kappa shape index (κ1) is 14.4. The molecule has 0 aliphatic carbocycles. The Morgan fingerprint density at radius 1 is 1.25 bits per heavy atom. The largest absolute Gasteiger partial charge is 0.466 e. The summed E-state index contributed by atoms with van der Waals surface area (Å²) in [6.45, 7) is 4.33. The van der Waals surface area contributed by atoms with E-state index in [4.69, 9.17) is 4.74 Å². The lowest BCUT2D eigenvalue weighted by molar-refractivity contribution is -0.139. The Balaban J connectivity index is 3.74. The Morgan fingerprint density at radius 2 is 1.88 bits per heavy atom. The minimum absolute atomic E-state index is 0.343. The summed E-state index contributed by atoms with van der Waals surface area (Å²) in [7, 11) is 1.25. The Bertz CT molecular complexity index is 279. The molecule has 0 aliphatic rings. The maximum Gasteiger partial charge on any atom is 0.331 e. The second-order valence-corrected chi connectivity index (χ2v) is 3.32. The van der Waals surface area contributed by atoms with Crippen LogP contribution in [0.2, 0.25) is 0 Å². The SMILES string of the molecule is C/C=C/C(C)CCOC(=O)/C=C/C(=O)OC. The summed E-state index contributed by atoms with van der Waals surface area (Å²) in [6, 6.07) is 0. The normalized spacial score (nSPS) is 12.9. The van der Waals surface area contributed by atoms with Crippen molar-refractivity contribution in [1.82, 2.24) is 0 Å². The summed E-state index contributed by atoms with van der Waals surface area (Å²) in [5.74, 6) is -0.723. The number of carbonyl (C=O) groups is 2. The molecule has 0 heterocycles. The summed E-state index contributed by atoms with van der Waals surface area (Å²) in [5, 5.41) is 0. The maximum atomic E-state index is 11.1. The van der Waals surface area contributed by atoms with Crippen LogP contribution in [0.4, 0.5) is 0 Å². The first-order chi connectivity index (χ1) is 7.60. The van der Waals surface area contributed by atoms with E-state index >= 15 is 0 Å². The van der Waals surface area contributed by atoms with Gasteiger partial charge in [0.1, 0.15) is 0 Å². The predicted octanol–water partition coefficient (Wildman–Crippen LogP) is 1.86. The minimum Gasteiger partial charge on any atom is -0.466 e. The van der Waals surface area contributed by atoms with Gasteiger partial charge in [-0.2, -0.15) is 0 Å². The van der Waals surface area contributed by atoms with Crippen LogP contribution < -0.4 is 0 Å². The predicted molar refractivity (Wildman–Crippen MR) is 60.7 cm³/mol. The van der Waals surface area contributed by atoms with Crippen LogP contribution in [0, 0.1) is 5.92 Å². The molecule has 0 aliphatic heterocycles. The maximum absolute atomic E-state index is 11.1. The number of hydrogen-bond donors (Lipinski definition) is 0. The van der Waals surface area contributed by atoms with Gasteiger partial charge in [0.2, 0.25) is 0 Å². The monoisotopic (exact) mass is 226 g/mol. The summed E-state index contributed by atoms with van der Waals surface area (Å²) in [5.41, 5.74) is 0. The van der Waals surface area contributed by atoms with Crippen LogP contribution in [0.3, 0.4) is 0 Å². The molecule has 90 valence electrons. The number of esters is 2. The van der Waals surface area contributed by atoms with Crippen molar-refractivity contribution in [3.05, 3.63) is 24.3 Å². The molecule has 0 saturated heterocycles. The van der Waals surface area contributed by atoms with Gasteiger partial charge in [-0.1, -0.05) is 19.1 Å². The van der Waals surface area contributed by atoms with E-state index in [2.05, 4.69) is 4.74 Å². The van der Waals surface area contributed by atoms with E-state index in [9.17, 15) is 9.59 Å². The molecule has 0 aromatic heterocycles. The summed E-state index contributed by atoms with van der Waals surface area (Å²) in [6.07, 6.45) is 6.87. The van der Waals surface area contributed by atoms with E-state index in [0.717, 1.165) is 18.6 Å². The lowest BCUT2D eigenvalue weighted by atomic mass is 10.1. The molecule has 0 aromatic carbocycles. The van der Waals surface area contributed by atoms with Crippen molar-refractivity contribution >= 4 is 11.9 Å². The van der Waals surface area contributed by atoms with Crippen LogP contribution in [0.15, 0.2) is 24.3 Å². The highest BCUT2D eigenvalue weighted by Gasteiger charge is 2.01. The van der Waals surface area contributed by atoms with Gasteiger partial charge in [-0.15, -0.1) is 0 Å². The highest BCUT2D eigenvalue weighted by Crippen LogP contribution is 2.03. The van der Waals surface area contributed by atoms with Crippen molar-refractivity contribution < 1.29 is 19.1 Å². The molecule has 0 spiro atoms. The zero-order valence-corrected chi connectivity index (χ0v) is 9.93. The molecule has 0 rings (SSSR count). The van der Waals surface area contributed by atoms with Gasteiger partial charge in [-0.3, -0.25) is 0 Å². The number of carbonyl (C=O) groups excluding carboxylic acids is 2. The highest BCUT2D eigenvalue weighted by atomic mass is 16.5. The first-order valence-corrected chi connectivity index (χ1v) is 5.15. The fraction of sp³-hybridized carbons (Fsp3) is 0.500. The number of hydrogen-bond acceptors (Lipinski definition) is 4. The van der Waals surface area contributed by atoms with Crippen LogP contribution in [0.25, 0.3) is 0 Å². The third kappa shape index (κ3) is 7.79. The lowest BCUT2D eigenvalue weighted by Gasteiger charge is -2.05. The molecule has 0 amide bonds. The number of rotatable bonds is 6. The number of ether oxygens (including phenoxy) is 2. The Labute approximate surface area is 95.9 Å². The molecular weight excluding hydrogens is 208 g/mol. The second kappa shape index (κ2) is 8.71. The topological polar surface area (TPSA) is 52.6 Å². The molecule has 4 nitrogen and oxygen atoms in total. The third-order valence-corrected chi connectivity index (χ3v) is 1.90. The van der Waals surface area contributed by atoms with Gasteiger partial charge in [0.15, 0.2) is 0 Å². The van der Waals surface area contributed by atoms with Crippen molar-refractivity contribution in [1.29, 1.82) is 0 Å². The summed E-state index contributed by atoms with van der Waals surface area (Å²) in [4.78, 5) is 21.7. The van der Waals surface area contributed by atoms with Gasteiger partial charge < -0.3 is 9.47 Å². The van der Waals surface area contributed by atoms with Crippen LogP contribution in [-0.4, -0.2) is 25.7 Å². The van der Waals surface area contributed by atoms with E-state index in [1.807, 2.05) is 26.0 Å². The van der Waals surface area contributed by atoms with Crippen molar-refractivity contribution in [3.63, 3.8) is 0 Å². The van der Waals surface area contributed by atoms with Crippen molar-refractivity contribution in [2.75, 3.05) is 13.7 Å².